The smallest absolute Gasteiger partial charge is 0.255 e. The van der Waals surface area contributed by atoms with Crippen molar-refractivity contribution in [3.63, 3.8) is 0 Å². The van der Waals surface area contributed by atoms with E-state index in [0.717, 1.165) is 5.82 Å². The van der Waals surface area contributed by atoms with Gasteiger partial charge in [-0.05, 0) is 13.8 Å². The topological polar surface area (TPSA) is 75.8 Å². The predicted molar refractivity (Wildman–Crippen MR) is 74.0 cm³/mol. The molecule has 2 aromatic rings. The standard InChI is InChI=1S/C12H16ClN5O2/c1-12(2)6-17(4-8(5-19)20-12)10-3-9(13)16-11-14-7-15-18(10)11/h3,7-8,19H,4-6H2,1-2H3. The van der Waals surface area contributed by atoms with Gasteiger partial charge >= 0.3 is 0 Å². The molecule has 0 saturated carbocycles. The van der Waals surface area contributed by atoms with Crippen LogP contribution in [0.25, 0.3) is 5.78 Å². The predicted octanol–water partition coefficient (Wildman–Crippen LogP) is 0.754. The van der Waals surface area contributed by atoms with Crippen molar-refractivity contribution in [3.05, 3.63) is 17.5 Å². The van der Waals surface area contributed by atoms with Gasteiger partial charge in [-0.3, -0.25) is 0 Å². The first-order chi connectivity index (χ1) is 9.48. The fraction of sp³-hybridized carbons (Fsp3) is 0.583. The van der Waals surface area contributed by atoms with Gasteiger partial charge in [0.1, 0.15) is 17.3 Å². The maximum absolute atomic E-state index is 9.39. The summed E-state index contributed by atoms with van der Waals surface area (Å²) in [5.41, 5.74) is -0.367. The number of ether oxygens (including phenoxy) is 1. The largest absolute Gasteiger partial charge is 0.394 e. The second-order valence-electron chi connectivity index (χ2n) is 5.47. The number of fused-ring (bicyclic) bond motifs is 1. The van der Waals surface area contributed by atoms with E-state index in [2.05, 4.69) is 20.0 Å². The number of morpholine rings is 1. The lowest BCUT2D eigenvalue weighted by Crippen LogP contribution is -2.54. The lowest BCUT2D eigenvalue weighted by atomic mass is 10.1. The minimum Gasteiger partial charge on any atom is -0.394 e. The van der Waals surface area contributed by atoms with Gasteiger partial charge in [0.25, 0.3) is 5.78 Å². The molecule has 3 rings (SSSR count). The molecule has 8 heteroatoms. The highest BCUT2D eigenvalue weighted by molar-refractivity contribution is 6.29. The number of aromatic nitrogens is 4. The van der Waals surface area contributed by atoms with Gasteiger partial charge < -0.3 is 14.7 Å². The first kappa shape index (κ1) is 13.5. The van der Waals surface area contributed by atoms with Crippen LogP contribution in [0.15, 0.2) is 12.4 Å². The van der Waals surface area contributed by atoms with Crippen molar-refractivity contribution in [2.45, 2.75) is 25.6 Å². The first-order valence-electron chi connectivity index (χ1n) is 6.38. The number of halogens is 1. The van der Waals surface area contributed by atoms with E-state index in [1.54, 1.807) is 10.6 Å². The van der Waals surface area contributed by atoms with E-state index in [1.807, 2.05) is 13.8 Å². The molecule has 0 spiro atoms. The number of nitrogens with zero attached hydrogens (tertiary/aromatic N) is 5. The van der Waals surface area contributed by atoms with Gasteiger partial charge in [0, 0.05) is 19.2 Å². The molecule has 1 N–H and O–H groups in total. The third-order valence-corrected chi connectivity index (χ3v) is 3.40. The molecule has 0 amide bonds. The van der Waals surface area contributed by atoms with Crippen molar-refractivity contribution >= 4 is 23.2 Å². The first-order valence-corrected chi connectivity index (χ1v) is 6.76. The van der Waals surface area contributed by atoms with Gasteiger partial charge in [0.15, 0.2) is 0 Å². The Morgan fingerprint density at radius 1 is 1.55 bits per heavy atom. The molecule has 1 atom stereocenters. The summed E-state index contributed by atoms with van der Waals surface area (Å²) in [6.45, 7) is 5.18. The van der Waals surface area contributed by atoms with Crippen LogP contribution in [0.3, 0.4) is 0 Å². The number of aliphatic hydroxyl groups is 1. The van der Waals surface area contributed by atoms with Gasteiger partial charge in [-0.15, -0.1) is 0 Å². The summed E-state index contributed by atoms with van der Waals surface area (Å²) in [6, 6.07) is 1.75. The third kappa shape index (κ3) is 2.44. The van der Waals surface area contributed by atoms with E-state index in [-0.39, 0.29) is 18.3 Å². The summed E-state index contributed by atoms with van der Waals surface area (Å²) in [5, 5.41) is 13.9. The molecule has 1 saturated heterocycles. The van der Waals surface area contributed by atoms with Crippen LogP contribution in [-0.4, -0.2) is 56.1 Å². The van der Waals surface area contributed by atoms with Crippen LogP contribution < -0.4 is 4.90 Å². The fourth-order valence-corrected chi connectivity index (χ4v) is 2.73. The van der Waals surface area contributed by atoms with Gasteiger partial charge in [0.2, 0.25) is 0 Å². The van der Waals surface area contributed by atoms with Crippen LogP contribution >= 0.6 is 11.6 Å². The Labute approximate surface area is 121 Å². The number of rotatable bonds is 2. The lowest BCUT2D eigenvalue weighted by Gasteiger charge is -2.43. The van der Waals surface area contributed by atoms with Crippen LogP contribution in [0.1, 0.15) is 13.8 Å². The maximum atomic E-state index is 9.39. The Balaban J connectivity index is 2.03. The monoisotopic (exact) mass is 297 g/mol. The summed E-state index contributed by atoms with van der Waals surface area (Å²) in [7, 11) is 0. The molecule has 2 aromatic heterocycles. The Morgan fingerprint density at radius 2 is 2.35 bits per heavy atom. The Hall–Kier alpha value is -1.44. The summed E-state index contributed by atoms with van der Waals surface area (Å²) in [5.74, 6) is 1.25. The zero-order valence-corrected chi connectivity index (χ0v) is 12.1. The van der Waals surface area contributed by atoms with E-state index < -0.39 is 0 Å². The Kier molecular flexibility index (Phi) is 3.27. The molecular formula is C12H16ClN5O2. The number of hydrogen-bond donors (Lipinski definition) is 1. The van der Waals surface area contributed by atoms with Crippen molar-refractivity contribution in [1.29, 1.82) is 0 Å². The van der Waals surface area contributed by atoms with Gasteiger partial charge in [-0.2, -0.15) is 19.6 Å². The summed E-state index contributed by atoms with van der Waals surface area (Å²) < 4.78 is 7.45. The van der Waals surface area contributed by atoms with E-state index >= 15 is 0 Å². The van der Waals surface area contributed by atoms with Crippen molar-refractivity contribution in [3.8, 4) is 0 Å². The molecule has 108 valence electrons. The molecule has 1 aliphatic rings. The molecule has 0 aromatic carbocycles. The minimum absolute atomic E-state index is 0.0285. The fourth-order valence-electron chi connectivity index (χ4n) is 2.56. The number of anilines is 1. The van der Waals surface area contributed by atoms with Gasteiger partial charge in [-0.1, -0.05) is 11.6 Å². The maximum Gasteiger partial charge on any atom is 0.255 e. The number of hydrogen-bond acceptors (Lipinski definition) is 6. The molecule has 20 heavy (non-hydrogen) atoms. The quantitative estimate of drug-likeness (QED) is 0.825. The summed E-state index contributed by atoms with van der Waals surface area (Å²) >= 11 is 6.04. The van der Waals surface area contributed by atoms with Crippen molar-refractivity contribution in [2.75, 3.05) is 24.6 Å². The molecule has 1 aliphatic heterocycles. The van der Waals surface area contributed by atoms with Gasteiger partial charge in [0.05, 0.1) is 18.3 Å². The molecule has 7 nitrogen and oxygen atoms in total. The Morgan fingerprint density at radius 3 is 3.10 bits per heavy atom. The second-order valence-corrected chi connectivity index (χ2v) is 5.86. The van der Waals surface area contributed by atoms with Crippen molar-refractivity contribution in [1.82, 2.24) is 19.6 Å². The molecule has 0 aliphatic carbocycles. The van der Waals surface area contributed by atoms with E-state index in [4.69, 9.17) is 16.3 Å². The molecular weight excluding hydrogens is 282 g/mol. The van der Waals surface area contributed by atoms with Crippen LogP contribution in [-0.2, 0) is 4.74 Å². The highest BCUT2D eigenvalue weighted by Crippen LogP contribution is 2.27. The minimum atomic E-state index is -0.367. The van der Waals surface area contributed by atoms with E-state index in [9.17, 15) is 5.11 Å². The zero-order chi connectivity index (χ0) is 14.3. The molecule has 0 bridgehead atoms. The van der Waals surface area contributed by atoms with Crippen LogP contribution in [0, 0.1) is 0 Å². The normalized spacial score (nSPS) is 22.4. The molecule has 3 heterocycles. The summed E-state index contributed by atoms with van der Waals surface area (Å²) in [6.07, 6.45) is 1.20. The highest BCUT2D eigenvalue weighted by Gasteiger charge is 2.34. The van der Waals surface area contributed by atoms with Crippen molar-refractivity contribution < 1.29 is 9.84 Å². The lowest BCUT2D eigenvalue weighted by molar-refractivity contribution is -0.101. The molecule has 1 unspecified atom stereocenters. The van der Waals surface area contributed by atoms with Crippen LogP contribution in [0.2, 0.25) is 5.15 Å². The average molecular weight is 298 g/mol. The Bertz CT molecular complexity index is 629. The molecule has 0 radical (unpaired) electrons. The van der Waals surface area contributed by atoms with Gasteiger partial charge in [-0.25, -0.2) is 0 Å². The van der Waals surface area contributed by atoms with Crippen molar-refractivity contribution in [2.24, 2.45) is 0 Å². The van der Waals surface area contributed by atoms with Crippen LogP contribution in [0.5, 0.6) is 0 Å². The number of aliphatic hydroxyl groups excluding tert-OH is 1. The SMILES string of the molecule is CC1(C)CN(c2cc(Cl)nc3ncnn23)CC(CO)O1. The molecule has 1 fully saturated rings. The van der Waals surface area contributed by atoms with E-state index in [1.165, 1.54) is 6.33 Å². The second kappa shape index (κ2) is 4.83. The third-order valence-electron chi connectivity index (χ3n) is 3.21. The van der Waals surface area contributed by atoms with Crippen LogP contribution in [0.4, 0.5) is 5.82 Å². The zero-order valence-electron chi connectivity index (χ0n) is 11.3. The highest BCUT2D eigenvalue weighted by atomic mass is 35.5. The summed E-state index contributed by atoms with van der Waals surface area (Å²) in [4.78, 5) is 10.3. The van der Waals surface area contributed by atoms with E-state index in [0.29, 0.717) is 24.0 Å². The average Bonchev–Trinajstić information content (AvgIpc) is 2.83.